The van der Waals surface area contributed by atoms with Gasteiger partial charge in [-0.25, -0.2) is 0 Å². The van der Waals surface area contributed by atoms with Crippen molar-refractivity contribution in [2.75, 3.05) is 13.2 Å². The van der Waals surface area contributed by atoms with E-state index in [1.807, 2.05) is 30.6 Å². The van der Waals surface area contributed by atoms with Crippen molar-refractivity contribution in [1.82, 2.24) is 10.3 Å². The Morgan fingerprint density at radius 3 is 2.33 bits per heavy atom. The molecule has 1 aromatic heterocycles. The number of hydrogen-bond donors (Lipinski definition) is 1. The standard InChI is InChI=1S/C17H20N2O2/c1-12(14-5-7-18-8-6-14)19-13(2)15-3-4-16-17(11-15)21-10-9-20-16/h3-8,11-13,19H,9-10H2,1-2H3/t12-,13?/m0/s1. The van der Waals surface area contributed by atoms with E-state index in [4.69, 9.17) is 9.47 Å². The quantitative estimate of drug-likeness (QED) is 0.936. The summed E-state index contributed by atoms with van der Waals surface area (Å²) >= 11 is 0. The number of pyridine rings is 1. The molecule has 0 spiro atoms. The lowest BCUT2D eigenvalue weighted by atomic mass is 10.0. The Morgan fingerprint density at radius 1 is 0.905 bits per heavy atom. The molecule has 2 heterocycles. The number of hydrogen-bond acceptors (Lipinski definition) is 4. The third-order valence-electron chi connectivity index (χ3n) is 3.77. The first-order valence-corrected chi connectivity index (χ1v) is 7.29. The van der Waals surface area contributed by atoms with Gasteiger partial charge in [-0.15, -0.1) is 0 Å². The van der Waals surface area contributed by atoms with Gasteiger partial charge in [-0.1, -0.05) is 6.07 Å². The number of nitrogens with zero attached hydrogens (tertiary/aromatic N) is 1. The lowest BCUT2D eigenvalue weighted by Gasteiger charge is -2.23. The molecule has 0 saturated carbocycles. The maximum absolute atomic E-state index is 5.64. The van der Waals surface area contributed by atoms with Crippen LogP contribution in [0.15, 0.2) is 42.7 Å². The highest BCUT2D eigenvalue weighted by atomic mass is 16.6. The smallest absolute Gasteiger partial charge is 0.161 e. The maximum atomic E-state index is 5.64. The summed E-state index contributed by atoms with van der Waals surface area (Å²) in [5.41, 5.74) is 2.43. The molecule has 0 fully saturated rings. The molecule has 0 saturated heterocycles. The lowest BCUT2D eigenvalue weighted by molar-refractivity contribution is 0.171. The third kappa shape index (κ3) is 3.16. The molecule has 1 aromatic carbocycles. The second-order valence-corrected chi connectivity index (χ2v) is 5.29. The zero-order valence-corrected chi connectivity index (χ0v) is 12.4. The van der Waals surface area contributed by atoms with Crippen molar-refractivity contribution in [2.45, 2.75) is 25.9 Å². The monoisotopic (exact) mass is 284 g/mol. The highest BCUT2D eigenvalue weighted by Gasteiger charge is 2.16. The average molecular weight is 284 g/mol. The van der Waals surface area contributed by atoms with Crippen molar-refractivity contribution in [3.63, 3.8) is 0 Å². The molecule has 3 rings (SSSR count). The van der Waals surface area contributed by atoms with Crippen molar-refractivity contribution < 1.29 is 9.47 Å². The van der Waals surface area contributed by atoms with Crippen LogP contribution in [-0.2, 0) is 0 Å². The largest absolute Gasteiger partial charge is 0.486 e. The maximum Gasteiger partial charge on any atom is 0.161 e. The minimum absolute atomic E-state index is 0.226. The summed E-state index contributed by atoms with van der Waals surface area (Å²) < 4.78 is 11.2. The average Bonchev–Trinajstić information content (AvgIpc) is 2.55. The third-order valence-corrected chi connectivity index (χ3v) is 3.77. The van der Waals surface area contributed by atoms with E-state index < -0.39 is 0 Å². The molecule has 0 aliphatic carbocycles. The molecule has 2 atom stereocenters. The SMILES string of the molecule is CC(N[C@@H](C)c1ccncc1)c1ccc2c(c1)OCCO2. The zero-order valence-electron chi connectivity index (χ0n) is 12.4. The number of fused-ring (bicyclic) bond motifs is 1. The van der Waals surface area contributed by atoms with E-state index in [-0.39, 0.29) is 12.1 Å². The number of nitrogens with one attached hydrogen (secondary N) is 1. The summed E-state index contributed by atoms with van der Waals surface area (Å²) in [7, 11) is 0. The molecule has 1 aliphatic rings. The Morgan fingerprint density at radius 2 is 1.57 bits per heavy atom. The molecule has 110 valence electrons. The van der Waals surface area contributed by atoms with Gasteiger partial charge in [-0.05, 0) is 49.2 Å². The molecule has 21 heavy (non-hydrogen) atoms. The van der Waals surface area contributed by atoms with Crippen LogP contribution in [0.25, 0.3) is 0 Å². The first kappa shape index (κ1) is 13.9. The number of aromatic nitrogens is 1. The van der Waals surface area contributed by atoms with Gasteiger partial charge in [0.15, 0.2) is 11.5 Å². The van der Waals surface area contributed by atoms with Gasteiger partial charge >= 0.3 is 0 Å². The number of benzene rings is 1. The van der Waals surface area contributed by atoms with Crippen molar-refractivity contribution in [2.24, 2.45) is 0 Å². The number of rotatable bonds is 4. The fourth-order valence-electron chi connectivity index (χ4n) is 2.55. The Labute approximate surface area is 125 Å². The second kappa shape index (κ2) is 6.14. The highest BCUT2D eigenvalue weighted by molar-refractivity contribution is 5.44. The van der Waals surface area contributed by atoms with E-state index in [0.29, 0.717) is 13.2 Å². The van der Waals surface area contributed by atoms with Crippen molar-refractivity contribution >= 4 is 0 Å². The zero-order chi connectivity index (χ0) is 14.7. The van der Waals surface area contributed by atoms with E-state index in [1.54, 1.807) is 0 Å². The van der Waals surface area contributed by atoms with Gasteiger partial charge in [0.1, 0.15) is 13.2 Å². The molecule has 0 bridgehead atoms. The van der Waals surface area contributed by atoms with E-state index in [0.717, 1.165) is 11.5 Å². The van der Waals surface area contributed by atoms with Crippen LogP contribution in [0.3, 0.4) is 0 Å². The molecule has 2 aromatic rings. The summed E-state index contributed by atoms with van der Waals surface area (Å²) in [6, 6.07) is 10.7. The molecule has 1 N–H and O–H groups in total. The van der Waals surface area contributed by atoms with E-state index in [9.17, 15) is 0 Å². The predicted molar refractivity (Wildman–Crippen MR) is 81.6 cm³/mol. The lowest BCUT2D eigenvalue weighted by Crippen LogP contribution is -2.23. The molecule has 1 aliphatic heterocycles. The second-order valence-electron chi connectivity index (χ2n) is 5.29. The van der Waals surface area contributed by atoms with Gasteiger partial charge in [-0.2, -0.15) is 0 Å². The van der Waals surface area contributed by atoms with E-state index >= 15 is 0 Å². The van der Waals surface area contributed by atoms with E-state index in [2.05, 4.69) is 36.3 Å². The summed E-state index contributed by atoms with van der Waals surface area (Å²) in [5.74, 6) is 1.67. The van der Waals surface area contributed by atoms with Crippen LogP contribution >= 0.6 is 0 Å². The van der Waals surface area contributed by atoms with Crippen LogP contribution in [0, 0.1) is 0 Å². The normalized spacial score (nSPS) is 16.3. The van der Waals surface area contributed by atoms with Gasteiger partial charge in [0.2, 0.25) is 0 Å². The van der Waals surface area contributed by atoms with Gasteiger partial charge in [0.05, 0.1) is 0 Å². The Balaban J connectivity index is 1.72. The van der Waals surface area contributed by atoms with Crippen LogP contribution in [0.4, 0.5) is 0 Å². The first-order chi connectivity index (χ1) is 10.2. The summed E-state index contributed by atoms with van der Waals surface area (Å²) in [6.45, 7) is 5.55. The molecular formula is C17H20N2O2. The van der Waals surface area contributed by atoms with Crippen molar-refractivity contribution in [3.05, 3.63) is 53.9 Å². The van der Waals surface area contributed by atoms with Crippen LogP contribution in [0.5, 0.6) is 11.5 Å². The Hall–Kier alpha value is -2.07. The Bertz CT molecular complexity index is 601. The van der Waals surface area contributed by atoms with Crippen LogP contribution in [0.1, 0.15) is 37.1 Å². The highest BCUT2D eigenvalue weighted by Crippen LogP contribution is 2.33. The van der Waals surface area contributed by atoms with Crippen LogP contribution in [-0.4, -0.2) is 18.2 Å². The molecule has 4 heteroatoms. The molecule has 4 nitrogen and oxygen atoms in total. The topological polar surface area (TPSA) is 43.4 Å². The fourth-order valence-corrected chi connectivity index (χ4v) is 2.55. The number of ether oxygens (including phenoxy) is 2. The molecule has 0 radical (unpaired) electrons. The van der Waals surface area contributed by atoms with Crippen LogP contribution in [0.2, 0.25) is 0 Å². The predicted octanol–water partition coefficient (Wildman–Crippen LogP) is 3.26. The molecule has 1 unspecified atom stereocenters. The Kier molecular flexibility index (Phi) is 4.06. The van der Waals surface area contributed by atoms with E-state index in [1.165, 1.54) is 11.1 Å². The van der Waals surface area contributed by atoms with Gasteiger partial charge < -0.3 is 14.8 Å². The fraction of sp³-hybridized carbons (Fsp3) is 0.353. The molecule has 0 amide bonds. The van der Waals surface area contributed by atoms with Gasteiger partial charge in [-0.3, -0.25) is 4.98 Å². The van der Waals surface area contributed by atoms with Crippen molar-refractivity contribution in [3.8, 4) is 11.5 Å². The van der Waals surface area contributed by atoms with Crippen LogP contribution < -0.4 is 14.8 Å². The molecular weight excluding hydrogens is 264 g/mol. The van der Waals surface area contributed by atoms with Gasteiger partial charge in [0.25, 0.3) is 0 Å². The first-order valence-electron chi connectivity index (χ1n) is 7.29. The summed E-state index contributed by atoms with van der Waals surface area (Å²) in [6.07, 6.45) is 3.64. The minimum Gasteiger partial charge on any atom is -0.486 e. The van der Waals surface area contributed by atoms with Gasteiger partial charge in [0, 0.05) is 24.5 Å². The summed E-state index contributed by atoms with van der Waals surface area (Å²) in [5, 5.41) is 3.60. The minimum atomic E-state index is 0.226. The summed E-state index contributed by atoms with van der Waals surface area (Å²) in [4.78, 5) is 4.06. The van der Waals surface area contributed by atoms with Crippen molar-refractivity contribution in [1.29, 1.82) is 0 Å².